The Bertz CT molecular complexity index is 754. The molecule has 0 radical (unpaired) electrons. The summed E-state index contributed by atoms with van der Waals surface area (Å²) in [7, 11) is 0. The van der Waals surface area contributed by atoms with Crippen molar-refractivity contribution in [3.05, 3.63) is 35.8 Å². The van der Waals surface area contributed by atoms with Gasteiger partial charge in [-0.15, -0.1) is 0 Å². The average Bonchev–Trinajstić information content (AvgIpc) is 3.20. The Kier molecular flexibility index (Phi) is 4.02. The first kappa shape index (κ1) is 15.6. The lowest BCUT2D eigenvalue weighted by atomic mass is 10.0. The largest absolute Gasteiger partial charge is 0.448 e. The molecule has 2 atom stereocenters. The van der Waals surface area contributed by atoms with Crippen LogP contribution in [0.2, 0.25) is 0 Å². The van der Waals surface area contributed by atoms with Gasteiger partial charge in [-0.05, 0) is 18.1 Å². The van der Waals surface area contributed by atoms with E-state index >= 15 is 0 Å². The fraction of sp³-hybridized carbons (Fsp3) is 0.500. The SMILES string of the molecule is C[C@H]1CN(C(=O)c2cc3cccc(F)c3o2)C[C@@H]1N1CCOCC1. The molecule has 2 saturated heterocycles. The monoisotopic (exact) mass is 332 g/mol. The van der Waals surface area contributed by atoms with Crippen LogP contribution in [0.3, 0.4) is 0 Å². The average molecular weight is 332 g/mol. The molecule has 2 aliphatic heterocycles. The van der Waals surface area contributed by atoms with E-state index in [2.05, 4.69) is 11.8 Å². The number of halogens is 1. The van der Waals surface area contributed by atoms with Gasteiger partial charge in [0.25, 0.3) is 5.91 Å². The smallest absolute Gasteiger partial charge is 0.289 e. The number of para-hydroxylation sites is 1. The molecule has 1 amide bonds. The molecular weight excluding hydrogens is 311 g/mol. The van der Waals surface area contributed by atoms with Crippen LogP contribution < -0.4 is 0 Å². The highest BCUT2D eigenvalue weighted by Gasteiger charge is 2.37. The lowest BCUT2D eigenvalue weighted by molar-refractivity contribution is 0.0119. The van der Waals surface area contributed by atoms with Gasteiger partial charge in [0.1, 0.15) is 0 Å². The number of hydrogen-bond donors (Lipinski definition) is 0. The predicted octanol–water partition coefficient (Wildman–Crippen LogP) is 2.36. The Balaban J connectivity index is 1.52. The minimum absolute atomic E-state index is 0.151. The molecule has 0 unspecified atom stereocenters. The molecule has 0 N–H and O–H groups in total. The maximum Gasteiger partial charge on any atom is 0.289 e. The van der Waals surface area contributed by atoms with Crippen molar-refractivity contribution in [2.24, 2.45) is 5.92 Å². The second kappa shape index (κ2) is 6.18. The van der Waals surface area contributed by atoms with Gasteiger partial charge >= 0.3 is 0 Å². The molecule has 1 aromatic heterocycles. The van der Waals surface area contributed by atoms with Crippen molar-refractivity contribution >= 4 is 16.9 Å². The van der Waals surface area contributed by atoms with E-state index in [-0.39, 0.29) is 17.3 Å². The van der Waals surface area contributed by atoms with Crippen LogP contribution in [0.1, 0.15) is 17.5 Å². The van der Waals surface area contributed by atoms with Gasteiger partial charge in [-0.25, -0.2) is 4.39 Å². The number of benzene rings is 1. The first-order valence-electron chi connectivity index (χ1n) is 8.42. The zero-order chi connectivity index (χ0) is 16.7. The van der Waals surface area contributed by atoms with Gasteiger partial charge in [0.05, 0.1) is 13.2 Å². The predicted molar refractivity (Wildman–Crippen MR) is 87.4 cm³/mol. The Morgan fingerprint density at radius 1 is 1.25 bits per heavy atom. The first-order valence-corrected chi connectivity index (χ1v) is 8.42. The van der Waals surface area contributed by atoms with Gasteiger partial charge in [0, 0.05) is 37.6 Å². The number of fused-ring (bicyclic) bond motifs is 1. The number of nitrogens with zero attached hydrogens (tertiary/aromatic N) is 2. The molecular formula is C18H21FN2O3. The second-order valence-electron chi connectivity index (χ2n) is 6.67. The quantitative estimate of drug-likeness (QED) is 0.847. The van der Waals surface area contributed by atoms with E-state index in [1.165, 1.54) is 6.07 Å². The van der Waals surface area contributed by atoms with Crippen LogP contribution in [0.4, 0.5) is 4.39 Å². The van der Waals surface area contributed by atoms with Gasteiger partial charge in [0.2, 0.25) is 0 Å². The summed E-state index contributed by atoms with van der Waals surface area (Å²) < 4.78 is 24.7. The lowest BCUT2D eigenvalue weighted by Gasteiger charge is -2.33. The van der Waals surface area contributed by atoms with Crippen molar-refractivity contribution < 1.29 is 18.3 Å². The van der Waals surface area contributed by atoms with E-state index in [9.17, 15) is 9.18 Å². The third kappa shape index (κ3) is 2.70. The zero-order valence-electron chi connectivity index (χ0n) is 13.7. The number of rotatable bonds is 2. The highest BCUT2D eigenvalue weighted by Crippen LogP contribution is 2.27. The summed E-state index contributed by atoms with van der Waals surface area (Å²) >= 11 is 0. The summed E-state index contributed by atoms with van der Waals surface area (Å²) in [4.78, 5) is 17.0. The van der Waals surface area contributed by atoms with Crippen LogP contribution in [0.25, 0.3) is 11.0 Å². The van der Waals surface area contributed by atoms with Crippen LogP contribution >= 0.6 is 0 Å². The molecule has 2 fully saturated rings. The summed E-state index contributed by atoms with van der Waals surface area (Å²) in [6.07, 6.45) is 0. The number of hydrogen-bond acceptors (Lipinski definition) is 4. The fourth-order valence-electron chi connectivity index (χ4n) is 3.79. The Morgan fingerprint density at radius 3 is 2.79 bits per heavy atom. The Morgan fingerprint density at radius 2 is 2.04 bits per heavy atom. The van der Waals surface area contributed by atoms with Crippen LogP contribution in [0, 0.1) is 11.7 Å². The van der Waals surface area contributed by atoms with E-state index < -0.39 is 5.82 Å². The molecule has 4 rings (SSSR count). The highest BCUT2D eigenvalue weighted by atomic mass is 19.1. The molecule has 24 heavy (non-hydrogen) atoms. The summed E-state index contributed by atoms with van der Waals surface area (Å²) in [5, 5.41) is 0.621. The van der Waals surface area contributed by atoms with E-state index in [1.54, 1.807) is 18.2 Å². The van der Waals surface area contributed by atoms with Crippen LogP contribution in [-0.4, -0.2) is 61.1 Å². The first-order chi connectivity index (χ1) is 11.6. The maximum atomic E-state index is 13.8. The highest BCUT2D eigenvalue weighted by molar-refractivity contribution is 5.96. The van der Waals surface area contributed by atoms with Crippen molar-refractivity contribution in [2.75, 3.05) is 39.4 Å². The van der Waals surface area contributed by atoms with Crippen molar-refractivity contribution in [1.82, 2.24) is 9.80 Å². The van der Waals surface area contributed by atoms with E-state index in [4.69, 9.17) is 9.15 Å². The van der Waals surface area contributed by atoms with Gasteiger partial charge < -0.3 is 14.1 Å². The third-order valence-electron chi connectivity index (χ3n) is 5.08. The van der Waals surface area contributed by atoms with Gasteiger partial charge in [-0.2, -0.15) is 0 Å². The molecule has 0 bridgehead atoms. The van der Waals surface area contributed by atoms with Crippen LogP contribution in [0.5, 0.6) is 0 Å². The summed E-state index contributed by atoms with van der Waals surface area (Å²) in [6.45, 7) is 6.87. The summed E-state index contributed by atoms with van der Waals surface area (Å²) in [6, 6.07) is 6.69. The van der Waals surface area contributed by atoms with Crippen molar-refractivity contribution in [3.63, 3.8) is 0 Å². The van der Waals surface area contributed by atoms with Crippen molar-refractivity contribution in [2.45, 2.75) is 13.0 Å². The Labute approximate surface area is 140 Å². The van der Waals surface area contributed by atoms with E-state index in [0.717, 1.165) is 26.3 Å². The summed E-state index contributed by atoms with van der Waals surface area (Å²) in [5.41, 5.74) is 0.151. The minimum atomic E-state index is -0.437. The molecule has 0 saturated carbocycles. The third-order valence-corrected chi connectivity index (χ3v) is 5.08. The normalized spacial score (nSPS) is 25.5. The van der Waals surface area contributed by atoms with Gasteiger partial charge in [-0.1, -0.05) is 19.1 Å². The van der Waals surface area contributed by atoms with Gasteiger partial charge in [-0.3, -0.25) is 9.69 Å². The molecule has 2 aliphatic rings. The number of morpholine rings is 1. The molecule has 0 spiro atoms. The molecule has 5 nitrogen and oxygen atoms in total. The molecule has 6 heteroatoms. The standard InChI is InChI=1S/C18H21FN2O3/c1-12-10-21(11-15(12)20-5-7-23-8-6-20)18(22)16-9-13-3-2-4-14(19)17(13)24-16/h2-4,9,12,15H,5-8,10-11H2,1H3/t12-,15-/m0/s1. The Hall–Kier alpha value is -1.92. The number of amides is 1. The maximum absolute atomic E-state index is 13.8. The lowest BCUT2D eigenvalue weighted by Crippen LogP contribution is -2.47. The van der Waals surface area contributed by atoms with Crippen LogP contribution in [0.15, 0.2) is 28.7 Å². The van der Waals surface area contributed by atoms with Gasteiger partial charge in [0.15, 0.2) is 17.2 Å². The number of furan rings is 1. The molecule has 1 aromatic carbocycles. The van der Waals surface area contributed by atoms with Crippen molar-refractivity contribution in [3.8, 4) is 0 Å². The second-order valence-corrected chi connectivity index (χ2v) is 6.67. The number of ether oxygens (including phenoxy) is 1. The topological polar surface area (TPSA) is 45.9 Å². The molecule has 2 aromatic rings. The molecule has 128 valence electrons. The van der Waals surface area contributed by atoms with E-state index in [0.29, 0.717) is 30.4 Å². The summed E-state index contributed by atoms with van der Waals surface area (Å²) in [5.74, 6) is 0.0128. The van der Waals surface area contributed by atoms with E-state index in [1.807, 2.05) is 4.90 Å². The van der Waals surface area contributed by atoms with Crippen LogP contribution in [-0.2, 0) is 4.74 Å². The van der Waals surface area contributed by atoms with Crippen molar-refractivity contribution in [1.29, 1.82) is 0 Å². The number of likely N-dealkylation sites (tertiary alicyclic amines) is 1. The molecule has 0 aliphatic carbocycles. The number of carbonyl (C=O) groups is 1. The fourth-order valence-corrected chi connectivity index (χ4v) is 3.79. The minimum Gasteiger partial charge on any atom is -0.448 e. The zero-order valence-corrected chi connectivity index (χ0v) is 13.7. The molecule has 3 heterocycles. The number of carbonyl (C=O) groups excluding carboxylic acids is 1.